The summed E-state index contributed by atoms with van der Waals surface area (Å²) in [6, 6.07) is 1.74. The zero-order chi connectivity index (χ0) is 12.7. The van der Waals surface area contributed by atoms with E-state index in [-0.39, 0.29) is 11.9 Å². The highest BCUT2D eigenvalue weighted by Crippen LogP contribution is 2.11. The standard InChI is InChI=1S/C12H19NO4/c1-9(14)4-3-6-13-8-10-5-7-17-11(10)12(15)16-2/h5,7,9,13-14H,3-4,6,8H2,1-2H3. The van der Waals surface area contributed by atoms with E-state index in [0.29, 0.717) is 6.54 Å². The lowest BCUT2D eigenvalue weighted by Gasteiger charge is -2.06. The molecule has 0 aliphatic heterocycles. The van der Waals surface area contributed by atoms with Crippen LogP contribution in [0, 0.1) is 0 Å². The third-order valence-corrected chi connectivity index (χ3v) is 2.41. The third kappa shape index (κ3) is 4.58. The van der Waals surface area contributed by atoms with E-state index in [1.165, 1.54) is 13.4 Å². The van der Waals surface area contributed by atoms with Crippen molar-refractivity contribution in [3.8, 4) is 0 Å². The van der Waals surface area contributed by atoms with Gasteiger partial charge in [-0.3, -0.25) is 0 Å². The van der Waals surface area contributed by atoms with Gasteiger partial charge in [0, 0.05) is 12.1 Å². The average molecular weight is 241 g/mol. The molecule has 0 saturated heterocycles. The molecule has 5 nitrogen and oxygen atoms in total. The van der Waals surface area contributed by atoms with E-state index in [9.17, 15) is 4.79 Å². The van der Waals surface area contributed by atoms with Gasteiger partial charge in [0.05, 0.1) is 19.5 Å². The zero-order valence-electron chi connectivity index (χ0n) is 10.2. The Hall–Kier alpha value is -1.33. The first-order valence-electron chi connectivity index (χ1n) is 5.68. The van der Waals surface area contributed by atoms with Crippen molar-refractivity contribution < 1.29 is 19.1 Å². The Bertz CT molecular complexity index is 346. The van der Waals surface area contributed by atoms with Crippen molar-refractivity contribution in [2.45, 2.75) is 32.4 Å². The normalized spacial score (nSPS) is 12.4. The van der Waals surface area contributed by atoms with Gasteiger partial charge in [-0.05, 0) is 32.4 Å². The van der Waals surface area contributed by atoms with E-state index in [2.05, 4.69) is 10.1 Å². The molecule has 1 atom stereocenters. The molecule has 0 amide bonds. The molecule has 1 rings (SSSR count). The molecule has 0 aliphatic carbocycles. The lowest BCUT2D eigenvalue weighted by molar-refractivity contribution is 0.0563. The Morgan fingerprint density at radius 3 is 3.06 bits per heavy atom. The van der Waals surface area contributed by atoms with Gasteiger partial charge < -0.3 is 19.6 Å². The second-order valence-electron chi connectivity index (χ2n) is 3.93. The Balaban J connectivity index is 2.32. The van der Waals surface area contributed by atoms with Crippen LogP contribution in [0.2, 0.25) is 0 Å². The van der Waals surface area contributed by atoms with E-state index in [1.54, 1.807) is 13.0 Å². The first-order valence-corrected chi connectivity index (χ1v) is 5.68. The number of furan rings is 1. The predicted molar refractivity (Wildman–Crippen MR) is 62.7 cm³/mol. The lowest BCUT2D eigenvalue weighted by atomic mass is 10.2. The summed E-state index contributed by atoms with van der Waals surface area (Å²) in [6.45, 7) is 3.11. The summed E-state index contributed by atoms with van der Waals surface area (Å²) >= 11 is 0. The fraction of sp³-hybridized carbons (Fsp3) is 0.583. The van der Waals surface area contributed by atoms with E-state index in [4.69, 9.17) is 9.52 Å². The summed E-state index contributed by atoms with van der Waals surface area (Å²) in [4.78, 5) is 11.3. The average Bonchev–Trinajstić information content (AvgIpc) is 2.75. The summed E-state index contributed by atoms with van der Waals surface area (Å²) in [7, 11) is 1.32. The molecule has 96 valence electrons. The lowest BCUT2D eigenvalue weighted by Crippen LogP contribution is -2.17. The number of hydrogen-bond donors (Lipinski definition) is 2. The van der Waals surface area contributed by atoms with E-state index < -0.39 is 5.97 Å². The first kappa shape index (κ1) is 13.7. The van der Waals surface area contributed by atoms with Gasteiger partial charge in [0.25, 0.3) is 0 Å². The minimum atomic E-state index is -0.462. The maximum atomic E-state index is 11.3. The zero-order valence-corrected chi connectivity index (χ0v) is 10.2. The van der Waals surface area contributed by atoms with Crippen LogP contribution < -0.4 is 5.32 Å². The number of aliphatic hydroxyl groups is 1. The van der Waals surface area contributed by atoms with Gasteiger partial charge in [-0.25, -0.2) is 4.79 Å². The number of hydrogen-bond acceptors (Lipinski definition) is 5. The van der Waals surface area contributed by atoms with Crippen molar-refractivity contribution in [3.05, 3.63) is 23.7 Å². The molecule has 1 unspecified atom stereocenters. The van der Waals surface area contributed by atoms with Crippen LogP contribution in [-0.2, 0) is 11.3 Å². The van der Waals surface area contributed by atoms with Crippen molar-refractivity contribution in [2.24, 2.45) is 0 Å². The van der Waals surface area contributed by atoms with E-state index >= 15 is 0 Å². The number of ether oxygens (including phenoxy) is 1. The fourth-order valence-corrected chi connectivity index (χ4v) is 1.49. The highest BCUT2D eigenvalue weighted by atomic mass is 16.5. The molecule has 1 heterocycles. The molecule has 1 aromatic heterocycles. The molecule has 2 N–H and O–H groups in total. The van der Waals surface area contributed by atoms with Crippen LogP contribution in [0.3, 0.4) is 0 Å². The molecular weight excluding hydrogens is 222 g/mol. The largest absolute Gasteiger partial charge is 0.463 e. The third-order valence-electron chi connectivity index (χ3n) is 2.41. The quantitative estimate of drug-likeness (QED) is 0.556. The molecule has 0 aliphatic rings. The number of methoxy groups -OCH3 is 1. The molecule has 17 heavy (non-hydrogen) atoms. The van der Waals surface area contributed by atoms with Gasteiger partial charge in [0.2, 0.25) is 5.76 Å². The minimum absolute atomic E-state index is 0.246. The summed E-state index contributed by atoms with van der Waals surface area (Å²) in [6.07, 6.45) is 2.86. The molecule has 0 radical (unpaired) electrons. The highest BCUT2D eigenvalue weighted by Gasteiger charge is 2.14. The molecule has 0 bridgehead atoms. The van der Waals surface area contributed by atoms with Crippen molar-refractivity contribution in [2.75, 3.05) is 13.7 Å². The van der Waals surface area contributed by atoms with Crippen molar-refractivity contribution in [1.82, 2.24) is 5.32 Å². The number of aliphatic hydroxyl groups excluding tert-OH is 1. The Kier molecular flexibility index (Phi) is 5.72. The van der Waals surface area contributed by atoms with E-state index in [1.807, 2.05) is 0 Å². The SMILES string of the molecule is COC(=O)c1occc1CNCCCC(C)O. The Morgan fingerprint density at radius 2 is 2.41 bits per heavy atom. The predicted octanol–water partition coefficient (Wildman–Crippen LogP) is 1.32. The Morgan fingerprint density at radius 1 is 1.65 bits per heavy atom. The second-order valence-corrected chi connectivity index (χ2v) is 3.93. The smallest absolute Gasteiger partial charge is 0.374 e. The fourth-order valence-electron chi connectivity index (χ4n) is 1.49. The number of carbonyl (C=O) groups excluding carboxylic acids is 1. The molecule has 5 heteroatoms. The highest BCUT2D eigenvalue weighted by molar-refractivity contribution is 5.87. The van der Waals surface area contributed by atoms with Gasteiger partial charge in [0.15, 0.2) is 0 Å². The first-order chi connectivity index (χ1) is 8.15. The second kappa shape index (κ2) is 7.09. The maximum absolute atomic E-state index is 11.3. The minimum Gasteiger partial charge on any atom is -0.463 e. The monoisotopic (exact) mass is 241 g/mol. The van der Waals surface area contributed by atoms with Gasteiger partial charge in [-0.2, -0.15) is 0 Å². The van der Waals surface area contributed by atoms with Crippen LogP contribution in [0.15, 0.2) is 16.7 Å². The van der Waals surface area contributed by atoms with Crippen LogP contribution >= 0.6 is 0 Å². The topological polar surface area (TPSA) is 71.7 Å². The number of carbonyl (C=O) groups is 1. The van der Waals surface area contributed by atoms with Crippen molar-refractivity contribution in [3.63, 3.8) is 0 Å². The molecule has 0 fully saturated rings. The number of nitrogens with one attached hydrogen (secondary N) is 1. The van der Waals surface area contributed by atoms with Crippen LogP contribution in [0.5, 0.6) is 0 Å². The molecule has 0 spiro atoms. The summed E-state index contributed by atoms with van der Waals surface area (Å²) < 4.78 is 9.66. The van der Waals surface area contributed by atoms with Crippen LogP contribution in [0.25, 0.3) is 0 Å². The number of rotatable bonds is 7. The Labute approximate surface area is 101 Å². The van der Waals surface area contributed by atoms with Gasteiger partial charge in [-0.15, -0.1) is 0 Å². The van der Waals surface area contributed by atoms with Gasteiger partial charge in [-0.1, -0.05) is 0 Å². The summed E-state index contributed by atoms with van der Waals surface area (Å²) in [5.74, 6) is -0.216. The van der Waals surface area contributed by atoms with Gasteiger partial charge in [0.1, 0.15) is 0 Å². The van der Waals surface area contributed by atoms with Crippen molar-refractivity contribution in [1.29, 1.82) is 0 Å². The molecule has 0 aromatic carbocycles. The summed E-state index contributed by atoms with van der Waals surface area (Å²) in [5, 5.41) is 12.3. The van der Waals surface area contributed by atoms with Crippen LogP contribution in [0.4, 0.5) is 0 Å². The van der Waals surface area contributed by atoms with Gasteiger partial charge >= 0.3 is 5.97 Å². The maximum Gasteiger partial charge on any atom is 0.374 e. The van der Waals surface area contributed by atoms with Crippen molar-refractivity contribution >= 4 is 5.97 Å². The molecule has 1 aromatic rings. The van der Waals surface area contributed by atoms with E-state index in [0.717, 1.165) is 24.9 Å². The molecular formula is C12H19NO4. The summed E-state index contributed by atoms with van der Waals surface area (Å²) in [5.41, 5.74) is 0.786. The molecule has 0 saturated carbocycles. The number of esters is 1. The van der Waals surface area contributed by atoms with Crippen LogP contribution in [0.1, 0.15) is 35.9 Å². The van der Waals surface area contributed by atoms with Crippen LogP contribution in [-0.4, -0.2) is 30.8 Å².